The van der Waals surface area contributed by atoms with Gasteiger partial charge >= 0.3 is 5.97 Å². The molecule has 16 heavy (non-hydrogen) atoms. The van der Waals surface area contributed by atoms with Crippen molar-refractivity contribution in [3.05, 3.63) is 0 Å². The smallest absolute Gasteiger partial charge is 0.307 e. The number of ether oxygens (including phenoxy) is 1. The molecular formula is C12H22N2O2. The zero-order chi connectivity index (χ0) is 11.8. The normalized spacial score (nSPS) is 30.1. The molecule has 0 radical (unpaired) electrons. The first-order valence-corrected chi connectivity index (χ1v) is 6.10. The highest BCUT2D eigenvalue weighted by Crippen LogP contribution is 2.34. The van der Waals surface area contributed by atoms with Crippen LogP contribution in [0.15, 0.2) is 0 Å². The SMILES string of the molecule is COC(=O)CC1CN(C2CC2)C(C)(C)CN1. The Balaban J connectivity index is 1.93. The Morgan fingerprint density at radius 2 is 2.19 bits per heavy atom. The maximum atomic E-state index is 11.3. The molecule has 1 saturated heterocycles. The van der Waals surface area contributed by atoms with Gasteiger partial charge in [0.1, 0.15) is 0 Å². The van der Waals surface area contributed by atoms with Crippen molar-refractivity contribution >= 4 is 5.97 Å². The summed E-state index contributed by atoms with van der Waals surface area (Å²) in [6, 6.07) is 0.998. The molecule has 0 aromatic rings. The number of nitrogens with one attached hydrogen (secondary N) is 1. The Labute approximate surface area is 97.3 Å². The molecule has 0 amide bonds. The van der Waals surface area contributed by atoms with Gasteiger partial charge in [-0.25, -0.2) is 0 Å². The molecule has 1 aliphatic heterocycles. The van der Waals surface area contributed by atoms with Crippen molar-refractivity contribution in [2.24, 2.45) is 0 Å². The molecule has 1 heterocycles. The third-order valence-electron chi connectivity index (χ3n) is 3.65. The minimum Gasteiger partial charge on any atom is -0.469 e. The van der Waals surface area contributed by atoms with E-state index in [4.69, 9.17) is 4.74 Å². The Bertz CT molecular complexity index is 274. The van der Waals surface area contributed by atoms with Crippen molar-refractivity contribution in [3.8, 4) is 0 Å². The van der Waals surface area contributed by atoms with Crippen LogP contribution in [0.1, 0.15) is 33.1 Å². The lowest BCUT2D eigenvalue weighted by Crippen LogP contribution is -2.62. The van der Waals surface area contributed by atoms with Gasteiger partial charge in [0.25, 0.3) is 0 Å². The number of piperazine rings is 1. The van der Waals surface area contributed by atoms with E-state index in [1.165, 1.54) is 20.0 Å². The predicted octanol–water partition coefficient (Wildman–Crippen LogP) is 0.764. The van der Waals surface area contributed by atoms with Crippen LogP contribution in [0.3, 0.4) is 0 Å². The third kappa shape index (κ3) is 2.55. The minimum absolute atomic E-state index is 0.118. The van der Waals surface area contributed by atoms with Crippen LogP contribution in [0.2, 0.25) is 0 Å². The van der Waals surface area contributed by atoms with E-state index in [2.05, 4.69) is 24.1 Å². The summed E-state index contributed by atoms with van der Waals surface area (Å²) in [6.07, 6.45) is 3.11. The summed E-state index contributed by atoms with van der Waals surface area (Å²) in [5.74, 6) is -0.118. The summed E-state index contributed by atoms with van der Waals surface area (Å²) < 4.78 is 4.72. The van der Waals surface area contributed by atoms with Gasteiger partial charge in [0, 0.05) is 30.7 Å². The van der Waals surface area contributed by atoms with Gasteiger partial charge in [-0.05, 0) is 26.7 Å². The minimum atomic E-state index is -0.118. The summed E-state index contributed by atoms with van der Waals surface area (Å²) in [4.78, 5) is 13.8. The van der Waals surface area contributed by atoms with E-state index in [1.54, 1.807) is 0 Å². The van der Waals surface area contributed by atoms with Crippen LogP contribution in [0.4, 0.5) is 0 Å². The molecule has 0 aromatic carbocycles. The highest BCUT2D eigenvalue weighted by Gasteiger charge is 2.42. The Morgan fingerprint density at radius 3 is 2.75 bits per heavy atom. The summed E-state index contributed by atoms with van der Waals surface area (Å²) in [5.41, 5.74) is 0.216. The van der Waals surface area contributed by atoms with Gasteiger partial charge in [0.2, 0.25) is 0 Å². The first-order valence-electron chi connectivity index (χ1n) is 6.10. The molecule has 1 saturated carbocycles. The number of carbonyl (C=O) groups excluding carboxylic acids is 1. The molecule has 2 rings (SSSR count). The third-order valence-corrected chi connectivity index (χ3v) is 3.65. The van der Waals surface area contributed by atoms with Crippen LogP contribution in [0.25, 0.3) is 0 Å². The second kappa shape index (κ2) is 4.34. The fourth-order valence-electron chi connectivity index (χ4n) is 2.50. The van der Waals surface area contributed by atoms with Crippen molar-refractivity contribution in [2.75, 3.05) is 20.2 Å². The molecular weight excluding hydrogens is 204 g/mol. The van der Waals surface area contributed by atoms with Gasteiger partial charge in [-0.3, -0.25) is 9.69 Å². The second-order valence-electron chi connectivity index (χ2n) is 5.55. The molecule has 0 aromatic heterocycles. The van der Waals surface area contributed by atoms with Crippen molar-refractivity contribution in [3.63, 3.8) is 0 Å². The van der Waals surface area contributed by atoms with Gasteiger partial charge < -0.3 is 10.1 Å². The fourth-order valence-corrected chi connectivity index (χ4v) is 2.50. The summed E-state index contributed by atoms with van der Waals surface area (Å²) in [7, 11) is 1.45. The topological polar surface area (TPSA) is 41.6 Å². The van der Waals surface area contributed by atoms with Crippen molar-refractivity contribution in [2.45, 2.75) is 50.7 Å². The van der Waals surface area contributed by atoms with Crippen LogP contribution >= 0.6 is 0 Å². The average Bonchev–Trinajstić information content (AvgIpc) is 3.04. The van der Waals surface area contributed by atoms with Gasteiger partial charge in [-0.15, -0.1) is 0 Å². The predicted molar refractivity (Wildman–Crippen MR) is 62.2 cm³/mol. The van der Waals surface area contributed by atoms with E-state index in [0.717, 1.165) is 19.1 Å². The summed E-state index contributed by atoms with van der Waals surface area (Å²) in [6.45, 7) is 6.46. The summed E-state index contributed by atoms with van der Waals surface area (Å²) >= 11 is 0. The molecule has 1 atom stereocenters. The van der Waals surface area contributed by atoms with Crippen molar-refractivity contribution in [1.29, 1.82) is 0 Å². The zero-order valence-corrected chi connectivity index (χ0v) is 10.5. The number of esters is 1. The number of rotatable bonds is 3. The molecule has 1 aliphatic carbocycles. The maximum Gasteiger partial charge on any atom is 0.307 e. The number of nitrogens with zero attached hydrogens (tertiary/aromatic N) is 1. The lowest BCUT2D eigenvalue weighted by Gasteiger charge is -2.46. The van der Waals surface area contributed by atoms with Crippen molar-refractivity contribution in [1.82, 2.24) is 10.2 Å². The quantitative estimate of drug-likeness (QED) is 0.722. The molecule has 4 nitrogen and oxygen atoms in total. The van der Waals surface area contributed by atoms with E-state index < -0.39 is 0 Å². The number of hydrogen-bond acceptors (Lipinski definition) is 4. The highest BCUT2D eigenvalue weighted by atomic mass is 16.5. The fraction of sp³-hybridized carbons (Fsp3) is 0.917. The summed E-state index contributed by atoms with van der Waals surface area (Å²) in [5, 5.41) is 3.44. The van der Waals surface area contributed by atoms with E-state index in [1.807, 2.05) is 0 Å². The molecule has 1 N–H and O–H groups in total. The Hall–Kier alpha value is -0.610. The lowest BCUT2D eigenvalue weighted by atomic mass is 9.96. The molecule has 1 unspecified atom stereocenters. The largest absolute Gasteiger partial charge is 0.469 e. The lowest BCUT2D eigenvalue weighted by molar-refractivity contribution is -0.141. The second-order valence-corrected chi connectivity index (χ2v) is 5.55. The zero-order valence-electron chi connectivity index (χ0n) is 10.5. The molecule has 2 aliphatic rings. The first kappa shape index (κ1) is 11.9. The van der Waals surface area contributed by atoms with Gasteiger partial charge in [-0.2, -0.15) is 0 Å². The number of carbonyl (C=O) groups is 1. The van der Waals surface area contributed by atoms with Gasteiger partial charge in [-0.1, -0.05) is 0 Å². The van der Waals surface area contributed by atoms with Crippen LogP contribution in [-0.2, 0) is 9.53 Å². The molecule has 0 bridgehead atoms. The molecule has 0 spiro atoms. The number of methoxy groups -OCH3 is 1. The number of hydrogen-bond donors (Lipinski definition) is 1. The highest BCUT2D eigenvalue weighted by molar-refractivity contribution is 5.70. The van der Waals surface area contributed by atoms with E-state index in [9.17, 15) is 4.79 Å². The average molecular weight is 226 g/mol. The monoisotopic (exact) mass is 226 g/mol. The van der Waals surface area contributed by atoms with Crippen LogP contribution in [0, 0.1) is 0 Å². The standard InChI is InChI=1S/C12H22N2O2/c1-12(2)8-13-9(6-11(15)16-3)7-14(12)10-4-5-10/h9-10,13H,4-8H2,1-3H3. The van der Waals surface area contributed by atoms with E-state index in [0.29, 0.717) is 6.42 Å². The van der Waals surface area contributed by atoms with Crippen LogP contribution in [0.5, 0.6) is 0 Å². The van der Waals surface area contributed by atoms with E-state index in [-0.39, 0.29) is 17.6 Å². The molecule has 2 fully saturated rings. The molecule has 92 valence electrons. The van der Waals surface area contributed by atoms with E-state index >= 15 is 0 Å². The Kier molecular flexibility index (Phi) is 3.22. The van der Waals surface area contributed by atoms with Gasteiger partial charge in [0.05, 0.1) is 13.5 Å². The van der Waals surface area contributed by atoms with Crippen molar-refractivity contribution < 1.29 is 9.53 Å². The Morgan fingerprint density at radius 1 is 1.50 bits per heavy atom. The molecule has 4 heteroatoms. The first-order chi connectivity index (χ1) is 7.53. The maximum absolute atomic E-state index is 11.3. The van der Waals surface area contributed by atoms with Crippen LogP contribution in [-0.4, -0.2) is 48.7 Å². The van der Waals surface area contributed by atoms with Crippen LogP contribution < -0.4 is 5.32 Å². The van der Waals surface area contributed by atoms with Gasteiger partial charge in [0.15, 0.2) is 0 Å².